The van der Waals surface area contributed by atoms with Crippen LogP contribution in [0.2, 0.25) is 0 Å². The molecule has 0 radical (unpaired) electrons. The lowest BCUT2D eigenvalue weighted by Gasteiger charge is -2.55. The first-order valence-electron chi connectivity index (χ1n) is 14.3. The average Bonchev–Trinajstić information content (AvgIpc) is 3.43. The molecule has 2 saturated heterocycles. The lowest BCUT2D eigenvalue weighted by molar-refractivity contribution is -0.130. The molecule has 7 heteroatoms. The molecule has 1 amide bonds. The molecule has 39 heavy (non-hydrogen) atoms. The topological polar surface area (TPSA) is 85.3 Å². The monoisotopic (exact) mass is 529 g/mol. The summed E-state index contributed by atoms with van der Waals surface area (Å²) in [4.78, 5) is 20.7. The van der Waals surface area contributed by atoms with Crippen LogP contribution in [0.3, 0.4) is 0 Å². The lowest BCUT2D eigenvalue weighted by Crippen LogP contribution is -2.63. The summed E-state index contributed by atoms with van der Waals surface area (Å²) in [5.74, 6) is 0.572. The summed E-state index contributed by atoms with van der Waals surface area (Å²) in [6.45, 7) is 13.5. The molecule has 1 atom stereocenters. The van der Waals surface area contributed by atoms with Gasteiger partial charge in [0.15, 0.2) is 0 Å². The van der Waals surface area contributed by atoms with Crippen molar-refractivity contribution in [1.82, 2.24) is 25.0 Å². The number of pyridine rings is 1. The Morgan fingerprint density at radius 2 is 1.77 bits per heavy atom. The molecular weight excluding hydrogens is 486 g/mol. The van der Waals surface area contributed by atoms with E-state index in [4.69, 9.17) is 5.10 Å². The summed E-state index contributed by atoms with van der Waals surface area (Å²) in [6, 6.07) is 12.6. The number of benzene rings is 1. The minimum atomic E-state index is -1.19. The number of hydrogen-bond acceptors (Lipinski definition) is 5. The molecule has 4 heterocycles. The molecule has 2 aliphatic heterocycles. The molecule has 0 saturated carbocycles. The first-order valence-corrected chi connectivity index (χ1v) is 14.3. The van der Waals surface area contributed by atoms with Crippen LogP contribution in [0.15, 0.2) is 48.8 Å². The van der Waals surface area contributed by atoms with Gasteiger partial charge in [0.2, 0.25) is 5.91 Å². The Kier molecular flexibility index (Phi) is 7.18. The molecule has 208 valence electrons. The van der Waals surface area contributed by atoms with Crippen molar-refractivity contribution in [2.75, 3.05) is 33.2 Å². The highest BCUT2D eigenvalue weighted by Crippen LogP contribution is 2.50. The molecular formula is C32H43N5O2. The van der Waals surface area contributed by atoms with Gasteiger partial charge in [0.1, 0.15) is 5.60 Å². The molecule has 3 aromatic rings. The Labute approximate surface area is 232 Å². The number of piperidine rings is 1. The number of aliphatic hydroxyl groups is 1. The Morgan fingerprint density at radius 3 is 2.33 bits per heavy atom. The Balaban J connectivity index is 1.50. The fourth-order valence-corrected chi connectivity index (χ4v) is 6.93. The van der Waals surface area contributed by atoms with Gasteiger partial charge in [-0.2, -0.15) is 5.10 Å². The van der Waals surface area contributed by atoms with Gasteiger partial charge in [0.25, 0.3) is 0 Å². The van der Waals surface area contributed by atoms with Gasteiger partial charge in [-0.15, -0.1) is 0 Å². The smallest absolute Gasteiger partial charge is 0.219 e. The largest absolute Gasteiger partial charge is 0.380 e. The number of carbonyl (C=O) groups is 1. The number of H-pyrrole nitrogens is 1. The van der Waals surface area contributed by atoms with E-state index in [1.54, 1.807) is 6.92 Å². The van der Waals surface area contributed by atoms with Gasteiger partial charge < -0.3 is 14.9 Å². The first-order chi connectivity index (χ1) is 18.5. The summed E-state index contributed by atoms with van der Waals surface area (Å²) >= 11 is 0. The van der Waals surface area contributed by atoms with Crippen LogP contribution < -0.4 is 0 Å². The maximum atomic E-state index is 12.6. The normalized spacial score (nSPS) is 20.5. The molecule has 2 aromatic heterocycles. The molecule has 0 unspecified atom stereocenters. The van der Waals surface area contributed by atoms with E-state index in [0.717, 1.165) is 73.5 Å². The zero-order valence-corrected chi connectivity index (χ0v) is 24.3. The Bertz CT molecular complexity index is 1320. The quantitative estimate of drug-likeness (QED) is 0.446. The number of amides is 1. The highest BCUT2D eigenvalue weighted by molar-refractivity contribution is 5.73. The molecule has 7 nitrogen and oxygen atoms in total. The van der Waals surface area contributed by atoms with Crippen molar-refractivity contribution < 1.29 is 9.90 Å². The Morgan fingerprint density at radius 1 is 1.10 bits per heavy atom. The standard InChI is InChI=1S/C32H43N5O2/c1-7-31(12-14-37(15-13-31)23(4)38)29-17-28(34-35-29)25-16-27(19-33-18-25)32(39,30(5)20-36(6)21-30)26-10-8-24(9-11-26)22(2)3/h8-11,16-19,22,39H,7,12-15,20-21H2,1-6H3,(H,34,35)/t32-/m0/s1. The van der Waals surface area contributed by atoms with Crippen LogP contribution in [0.5, 0.6) is 0 Å². The number of rotatable bonds is 7. The second-order valence-corrected chi connectivity index (χ2v) is 12.5. The van der Waals surface area contributed by atoms with Crippen LogP contribution >= 0.6 is 0 Å². The fraction of sp³-hybridized carbons (Fsp3) is 0.531. The number of carbonyl (C=O) groups excluding carboxylic acids is 1. The maximum absolute atomic E-state index is 12.6. The molecule has 2 N–H and O–H groups in total. The average molecular weight is 530 g/mol. The van der Waals surface area contributed by atoms with E-state index in [2.05, 4.69) is 86.1 Å². The molecule has 0 spiro atoms. The molecule has 0 bridgehead atoms. The minimum Gasteiger partial charge on any atom is -0.380 e. The molecule has 0 aliphatic carbocycles. The van der Waals surface area contributed by atoms with Crippen molar-refractivity contribution in [3.63, 3.8) is 0 Å². The number of aromatic nitrogens is 3. The predicted molar refractivity (Wildman–Crippen MR) is 154 cm³/mol. The number of hydrogen-bond donors (Lipinski definition) is 2. The van der Waals surface area contributed by atoms with E-state index < -0.39 is 5.60 Å². The second kappa shape index (κ2) is 10.2. The van der Waals surface area contributed by atoms with Gasteiger partial charge in [-0.3, -0.25) is 14.9 Å². The summed E-state index contributed by atoms with van der Waals surface area (Å²) < 4.78 is 0. The van der Waals surface area contributed by atoms with E-state index in [1.165, 1.54) is 5.56 Å². The van der Waals surface area contributed by atoms with Crippen molar-refractivity contribution in [3.8, 4) is 11.3 Å². The third kappa shape index (κ3) is 4.70. The molecule has 1 aromatic carbocycles. The third-order valence-electron chi connectivity index (χ3n) is 9.55. The number of likely N-dealkylation sites (tertiary alicyclic amines) is 2. The van der Waals surface area contributed by atoms with Gasteiger partial charge in [0, 0.05) is 73.1 Å². The fourth-order valence-electron chi connectivity index (χ4n) is 6.93. The zero-order valence-electron chi connectivity index (χ0n) is 24.3. The molecule has 2 fully saturated rings. The van der Waals surface area contributed by atoms with Gasteiger partial charge in [-0.25, -0.2) is 0 Å². The summed E-state index contributed by atoms with van der Waals surface area (Å²) in [6.07, 6.45) is 6.46. The first kappa shape index (κ1) is 27.5. The van der Waals surface area contributed by atoms with E-state index in [-0.39, 0.29) is 16.7 Å². The Hall–Kier alpha value is -3.03. The zero-order chi connectivity index (χ0) is 28.0. The highest BCUT2D eigenvalue weighted by Gasteiger charge is 2.55. The number of nitrogens with zero attached hydrogens (tertiary/aromatic N) is 4. The SMILES string of the molecule is CCC1(c2cc(-c3cncc([C@@](O)(c4ccc(C(C)C)cc4)C4(C)CN(C)C4)c3)n[nH]2)CCN(C(C)=O)CC1. The van der Waals surface area contributed by atoms with E-state index in [1.807, 2.05) is 17.3 Å². The maximum Gasteiger partial charge on any atom is 0.219 e. The number of aromatic amines is 1. The van der Waals surface area contributed by atoms with Crippen molar-refractivity contribution in [1.29, 1.82) is 0 Å². The van der Waals surface area contributed by atoms with Crippen LogP contribution in [0.1, 0.15) is 82.2 Å². The van der Waals surface area contributed by atoms with Crippen LogP contribution in [-0.4, -0.2) is 69.2 Å². The van der Waals surface area contributed by atoms with Crippen molar-refractivity contribution in [3.05, 3.63) is 71.2 Å². The summed E-state index contributed by atoms with van der Waals surface area (Å²) in [5, 5.41) is 20.6. The van der Waals surface area contributed by atoms with Crippen molar-refractivity contribution in [2.24, 2.45) is 5.41 Å². The van der Waals surface area contributed by atoms with E-state index >= 15 is 0 Å². The van der Waals surface area contributed by atoms with Crippen LogP contribution in [0.4, 0.5) is 0 Å². The van der Waals surface area contributed by atoms with Crippen molar-refractivity contribution >= 4 is 5.91 Å². The molecule has 5 rings (SSSR count). The van der Waals surface area contributed by atoms with E-state index in [0.29, 0.717) is 5.92 Å². The summed E-state index contributed by atoms with van der Waals surface area (Å²) in [7, 11) is 2.09. The highest BCUT2D eigenvalue weighted by atomic mass is 16.3. The van der Waals surface area contributed by atoms with Crippen LogP contribution in [0, 0.1) is 5.41 Å². The van der Waals surface area contributed by atoms with Gasteiger partial charge >= 0.3 is 0 Å². The third-order valence-corrected chi connectivity index (χ3v) is 9.55. The van der Waals surface area contributed by atoms with E-state index in [9.17, 15) is 9.90 Å². The molecule has 2 aliphatic rings. The van der Waals surface area contributed by atoms with Crippen molar-refractivity contribution in [2.45, 2.75) is 70.8 Å². The minimum absolute atomic E-state index is 0.0227. The van der Waals surface area contributed by atoms with Gasteiger partial charge in [0.05, 0.1) is 5.69 Å². The number of nitrogens with one attached hydrogen (secondary N) is 1. The van der Waals surface area contributed by atoms with Crippen LogP contribution in [0.25, 0.3) is 11.3 Å². The lowest BCUT2D eigenvalue weighted by atomic mass is 9.62. The van der Waals surface area contributed by atoms with Gasteiger partial charge in [-0.05, 0) is 55.5 Å². The van der Waals surface area contributed by atoms with Gasteiger partial charge in [-0.1, -0.05) is 52.0 Å². The summed E-state index contributed by atoms with van der Waals surface area (Å²) in [5.41, 5.74) is 4.20. The second-order valence-electron chi connectivity index (χ2n) is 12.5. The van der Waals surface area contributed by atoms with Crippen LogP contribution in [-0.2, 0) is 15.8 Å². The predicted octanol–water partition coefficient (Wildman–Crippen LogP) is 5.07.